The minimum Gasteiger partial charge on any atom is -0.544 e. The number of allylic oxidation sites excluding steroid dienone is 4. The summed E-state index contributed by atoms with van der Waals surface area (Å²) in [5.41, 5.74) is 0. The van der Waals surface area contributed by atoms with E-state index < -0.39 is 17.7 Å². The molecule has 1 aliphatic carbocycles. The van der Waals surface area contributed by atoms with E-state index in [9.17, 15) is 24.9 Å². The molecular weight excluding hydrogens is 440 g/mol. The second-order valence-corrected chi connectivity index (χ2v) is 7.41. The Morgan fingerprint density at radius 2 is 1.96 bits per heavy atom. The number of ketones is 1. The molecule has 1 unspecified atom stereocenters. The van der Waals surface area contributed by atoms with Crippen LogP contribution in [0.15, 0.2) is 24.3 Å². The maximum absolute atomic E-state index is 12.1. The van der Waals surface area contributed by atoms with Gasteiger partial charge < -0.3 is 20.1 Å². The summed E-state index contributed by atoms with van der Waals surface area (Å²) >= 11 is 0. The molecule has 3 atom stereocenters. The Balaban J connectivity index is 0.00000676. The largest absolute Gasteiger partial charge is 1.00 e. The van der Waals surface area contributed by atoms with Crippen molar-refractivity contribution in [3.63, 3.8) is 0 Å². The molecule has 2 N–H and O–H groups in total. The SMILES string of the molecule is CCCCCC/C=C/[C@H]1CCC(=O)[C@@H]1C/C=C\CC(C)C(O)(O)C(=O)[O-].[Ag+]. The number of hydrogen-bond donors (Lipinski definition) is 2. The van der Waals surface area contributed by atoms with Crippen LogP contribution in [0.4, 0.5) is 0 Å². The summed E-state index contributed by atoms with van der Waals surface area (Å²) in [6.07, 6.45) is 16.2. The van der Waals surface area contributed by atoms with E-state index in [0.717, 1.165) is 12.8 Å². The topological polar surface area (TPSA) is 97.7 Å². The second-order valence-electron chi connectivity index (χ2n) is 7.41. The van der Waals surface area contributed by atoms with Crippen LogP contribution in [0.5, 0.6) is 0 Å². The van der Waals surface area contributed by atoms with Gasteiger partial charge in [-0.15, -0.1) is 0 Å². The number of hydrogen-bond acceptors (Lipinski definition) is 5. The van der Waals surface area contributed by atoms with Gasteiger partial charge in [-0.2, -0.15) is 0 Å². The van der Waals surface area contributed by atoms with Crippen molar-refractivity contribution in [2.45, 2.75) is 77.4 Å². The third kappa shape index (κ3) is 8.88. The maximum atomic E-state index is 12.1. The van der Waals surface area contributed by atoms with Gasteiger partial charge in [-0.1, -0.05) is 57.4 Å². The Kier molecular flexibility index (Phi) is 13.1. The average molecular weight is 473 g/mol. The first-order valence-corrected chi connectivity index (χ1v) is 9.81. The molecule has 158 valence electrons. The number of carbonyl (C=O) groups excluding carboxylic acids is 2. The zero-order chi connectivity index (χ0) is 19.6. The number of Topliss-reactive ketones (excluding diaryl/α,β-unsaturated/α-hetero) is 1. The summed E-state index contributed by atoms with van der Waals surface area (Å²) in [6.45, 7) is 3.63. The number of carboxylic acid groups (broad SMARTS) is 1. The van der Waals surface area contributed by atoms with Gasteiger partial charge in [-0.05, 0) is 38.0 Å². The smallest absolute Gasteiger partial charge is 0.544 e. The van der Waals surface area contributed by atoms with Gasteiger partial charge in [0, 0.05) is 18.3 Å². The molecule has 27 heavy (non-hydrogen) atoms. The minimum absolute atomic E-state index is 0. The van der Waals surface area contributed by atoms with Crippen LogP contribution in [0.1, 0.15) is 71.6 Å². The van der Waals surface area contributed by atoms with Crippen molar-refractivity contribution < 1.29 is 47.3 Å². The maximum Gasteiger partial charge on any atom is 1.00 e. The monoisotopic (exact) mass is 472 g/mol. The van der Waals surface area contributed by atoms with Crippen LogP contribution in [0, 0.1) is 17.8 Å². The molecule has 0 aromatic rings. The van der Waals surface area contributed by atoms with Gasteiger partial charge in [0.25, 0.3) is 0 Å². The summed E-state index contributed by atoms with van der Waals surface area (Å²) in [4.78, 5) is 22.8. The van der Waals surface area contributed by atoms with E-state index in [-0.39, 0.29) is 46.4 Å². The first kappa shape index (κ1) is 26.3. The zero-order valence-corrected chi connectivity index (χ0v) is 17.8. The molecule has 6 heteroatoms. The molecular formula is C21H33AgO5. The van der Waals surface area contributed by atoms with Crippen LogP contribution < -0.4 is 5.11 Å². The van der Waals surface area contributed by atoms with E-state index in [2.05, 4.69) is 19.1 Å². The zero-order valence-electron chi connectivity index (χ0n) is 16.3. The van der Waals surface area contributed by atoms with Gasteiger partial charge in [0.2, 0.25) is 5.79 Å². The normalized spacial score (nSPS) is 21.7. The average Bonchev–Trinajstić information content (AvgIpc) is 2.94. The molecule has 0 bridgehead atoms. The van der Waals surface area contributed by atoms with E-state index in [1.54, 1.807) is 6.08 Å². The summed E-state index contributed by atoms with van der Waals surface area (Å²) in [6, 6.07) is 0. The van der Waals surface area contributed by atoms with Gasteiger partial charge in [-0.3, -0.25) is 4.79 Å². The summed E-state index contributed by atoms with van der Waals surface area (Å²) in [7, 11) is 0. The molecule has 1 rings (SSSR count). The number of carbonyl (C=O) groups is 2. The molecule has 0 radical (unpaired) electrons. The molecule has 0 heterocycles. The van der Waals surface area contributed by atoms with Crippen molar-refractivity contribution in [1.82, 2.24) is 0 Å². The van der Waals surface area contributed by atoms with E-state index in [1.807, 2.05) is 6.08 Å². The Hall–Kier alpha value is -0.720. The molecule has 0 saturated heterocycles. The molecule has 0 amide bonds. The summed E-state index contributed by atoms with van der Waals surface area (Å²) < 4.78 is 0. The van der Waals surface area contributed by atoms with Gasteiger partial charge in [-0.25, -0.2) is 0 Å². The van der Waals surface area contributed by atoms with Crippen molar-refractivity contribution in [2.24, 2.45) is 17.8 Å². The van der Waals surface area contributed by atoms with E-state index >= 15 is 0 Å². The number of rotatable bonds is 12. The van der Waals surface area contributed by atoms with Crippen LogP contribution in [0.25, 0.3) is 0 Å². The number of unbranched alkanes of at least 4 members (excludes halogenated alkanes) is 4. The second kappa shape index (κ2) is 13.5. The molecule has 1 fully saturated rings. The molecule has 0 aromatic heterocycles. The number of aliphatic carboxylic acids is 1. The van der Waals surface area contributed by atoms with Crippen LogP contribution in [0.2, 0.25) is 0 Å². The predicted octanol–water partition coefficient (Wildman–Crippen LogP) is 2.51. The molecule has 0 spiro atoms. The predicted molar refractivity (Wildman–Crippen MR) is 98.8 cm³/mol. The fourth-order valence-electron chi connectivity index (χ4n) is 3.34. The van der Waals surface area contributed by atoms with Gasteiger partial charge in [0.05, 0.1) is 0 Å². The van der Waals surface area contributed by atoms with E-state index in [0.29, 0.717) is 12.8 Å². The first-order chi connectivity index (χ1) is 12.3. The van der Waals surface area contributed by atoms with E-state index in [4.69, 9.17) is 0 Å². The van der Waals surface area contributed by atoms with E-state index in [1.165, 1.54) is 32.6 Å². The van der Waals surface area contributed by atoms with Gasteiger partial charge in [0.1, 0.15) is 11.8 Å². The Bertz CT molecular complexity index is 513. The van der Waals surface area contributed by atoms with Crippen molar-refractivity contribution >= 4 is 11.8 Å². The van der Waals surface area contributed by atoms with Crippen LogP contribution >= 0.6 is 0 Å². The van der Waals surface area contributed by atoms with Crippen molar-refractivity contribution in [3.8, 4) is 0 Å². The Morgan fingerprint density at radius 3 is 2.59 bits per heavy atom. The van der Waals surface area contributed by atoms with Gasteiger partial charge >= 0.3 is 22.4 Å². The molecule has 5 nitrogen and oxygen atoms in total. The van der Waals surface area contributed by atoms with Crippen LogP contribution in [-0.2, 0) is 32.0 Å². The standard InChI is InChI=1S/C21H34O5.Ag/c1-3-4-5-6-7-8-12-17-14-15-19(22)18(17)13-10-9-11-16(2)21(25,26)20(23)24;/h8-10,12,16-18,25-26H,3-7,11,13-15H2,1-2H3,(H,23,24);/q;+1/p-1/b10-9-,12-8+;/t16?,17-,18+;/m0./s1. The fourth-order valence-corrected chi connectivity index (χ4v) is 3.34. The minimum atomic E-state index is -2.84. The number of aliphatic hydroxyl groups is 2. The molecule has 1 saturated carbocycles. The Morgan fingerprint density at radius 1 is 1.26 bits per heavy atom. The van der Waals surface area contributed by atoms with Crippen molar-refractivity contribution in [3.05, 3.63) is 24.3 Å². The molecule has 1 aliphatic rings. The van der Waals surface area contributed by atoms with Crippen molar-refractivity contribution in [2.75, 3.05) is 0 Å². The third-order valence-corrected chi connectivity index (χ3v) is 5.30. The van der Waals surface area contributed by atoms with Crippen LogP contribution in [0.3, 0.4) is 0 Å². The summed E-state index contributed by atoms with van der Waals surface area (Å²) in [5.74, 6) is -5.10. The molecule has 0 aromatic carbocycles. The first-order valence-electron chi connectivity index (χ1n) is 9.81. The quantitative estimate of drug-likeness (QED) is 0.197. The van der Waals surface area contributed by atoms with Crippen molar-refractivity contribution in [1.29, 1.82) is 0 Å². The Labute approximate surface area is 178 Å². The summed E-state index contributed by atoms with van der Waals surface area (Å²) in [5, 5.41) is 29.5. The number of carboxylic acids is 1. The van der Waals surface area contributed by atoms with Crippen LogP contribution in [-0.4, -0.2) is 27.8 Å². The third-order valence-electron chi connectivity index (χ3n) is 5.30. The fraction of sp³-hybridized carbons (Fsp3) is 0.714. The molecule has 0 aliphatic heterocycles. The van der Waals surface area contributed by atoms with Gasteiger partial charge in [0.15, 0.2) is 0 Å².